The SMILES string of the molecule is CC(C)(CN1CCC2NCC(F)C21)C(=O)O.O=C(O)C(F)(F)F. The Labute approximate surface area is 130 Å². The lowest BCUT2D eigenvalue weighted by Gasteiger charge is -2.31. The molecule has 0 aromatic heterocycles. The average molecular weight is 344 g/mol. The Morgan fingerprint density at radius 3 is 2.17 bits per heavy atom. The number of halogens is 4. The van der Waals surface area contributed by atoms with Gasteiger partial charge in [-0.3, -0.25) is 9.69 Å². The van der Waals surface area contributed by atoms with Crippen LogP contribution in [0.1, 0.15) is 20.3 Å². The first-order chi connectivity index (χ1) is 10.4. The highest BCUT2D eigenvalue weighted by molar-refractivity contribution is 5.74. The molecule has 134 valence electrons. The minimum Gasteiger partial charge on any atom is -0.481 e. The molecule has 0 spiro atoms. The number of nitrogens with zero attached hydrogens (tertiary/aromatic N) is 1. The third kappa shape index (κ3) is 5.03. The van der Waals surface area contributed by atoms with E-state index in [9.17, 15) is 22.4 Å². The van der Waals surface area contributed by atoms with Crippen molar-refractivity contribution in [3.63, 3.8) is 0 Å². The second-order valence-corrected chi connectivity index (χ2v) is 6.27. The number of carboxylic acid groups (broad SMARTS) is 2. The molecule has 3 atom stereocenters. The summed E-state index contributed by atoms with van der Waals surface area (Å²) in [6, 6.07) is 0.0817. The van der Waals surface area contributed by atoms with Crippen LogP contribution in [-0.4, -0.2) is 71.1 Å². The van der Waals surface area contributed by atoms with Gasteiger partial charge in [-0.05, 0) is 20.3 Å². The Morgan fingerprint density at radius 1 is 1.22 bits per heavy atom. The third-order valence-electron chi connectivity index (χ3n) is 3.93. The molecular weight excluding hydrogens is 324 g/mol. The molecule has 2 heterocycles. The first-order valence-electron chi connectivity index (χ1n) is 7.01. The fraction of sp³-hybridized carbons (Fsp3) is 0.846. The van der Waals surface area contributed by atoms with E-state index in [1.54, 1.807) is 13.8 Å². The van der Waals surface area contributed by atoms with Crippen molar-refractivity contribution >= 4 is 11.9 Å². The summed E-state index contributed by atoms with van der Waals surface area (Å²) in [6.07, 6.45) is -5.03. The van der Waals surface area contributed by atoms with Crippen LogP contribution in [0, 0.1) is 5.41 Å². The summed E-state index contributed by atoms with van der Waals surface area (Å²) in [7, 11) is 0. The quantitative estimate of drug-likeness (QED) is 0.665. The number of rotatable bonds is 3. The molecule has 3 unspecified atom stereocenters. The van der Waals surface area contributed by atoms with E-state index in [1.165, 1.54) is 0 Å². The summed E-state index contributed by atoms with van der Waals surface area (Å²) in [5.74, 6) is -3.58. The van der Waals surface area contributed by atoms with Gasteiger partial charge in [0.15, 0.2) is 0 Å². The lowest BCUT2D eigenvalue weighted by Crippen LogP contribution is -2.46. The average Bonchev–Trinajstić information content (AvgIpc) is 2.93. The predicted octanol–water partition coefficient (Wildman–Crippen LogP) is 1.11. The van der Waals surface area contributed by atoms with Crippen molar-refractivity contribution in [2.45, 2.75) is 44.7 Å². The van der Waals surface area contributed by atoms with E-state index < -0.39 is 29.7 Å². The van der Waals surface area contributed by atoms with Crippen LogP contribution in [-0.2, 0) is 9.59 Å². The lowest BCUT2D eigenvalue weighted by atomic mass is 9.92. The van der Waals surface area contributed by atoms with Crippen LogP contribution < -0.4 is 5.32 Å². The van der Waals surface area contributed by atoms with Gasteiger partial charge in [0.25, 0.3) is 0 Å². The highest BCUT2D eigenvalue weighted by Gasteiger charge is 2.46. The fourth-order valence-electron chi connectivity index (χ4n) is 2.73. The van der Waals surface area contributed by atoms with E-state index in [0.717, 1.165) is 13.0 Å². The van der Waals surface area contributed by atoms with Crippen molar-refractivity contribution in [3.8, 4) is 0 Å². The Morgan fingerprint density at radius 2 is 1.74 bits per heavy atom. The minimum atomic E-state index is -5.08. The maximum Gasteiger partial charge on any atom is 0.490 e. The van der Waals surface area contributed by atoms with Gasteiger partial charge < -0.3 is 15.5 Å². The number of fused-ring (bicyclic) bond motifs is 1. The van der Waals surface area contributed by atoms with Gasteiger partial charge in [0.05, 0.1) is 11.5 Å². The van der Waals surface area contributed by atoms with Gasteiger partial charge in [-0.2, -0.15) is 13.2 Å². The molecule has 6 nitrogen and oxygen atoms in total. The van der Waals surface area contributed by atoms with E-state index >= 15 is 0 Å². The maximum atomic E-state index is 13.7. The number of hydrogen-bond acceptors (Lipinski definition) is 4. The van der Waals surface area contributed by atoms with Crippen LogP contribution >= 0.6 is 0 Å². The summed E-state index contributed by atoms with van der Waals surface area (Å²) in [4.78, 5) is 21.9. The molecule has 2 fully saturated rings. The molecule has 2 aliphatic rings. The number of hydrogen-bond donors (Lipinski definition) is 3. The second-order valence-electron chi connectivity index (χ2n) is 6.27. The van der Waals surface area contributed by atoms with Gasteiger partial charge in [0, 0.05) is 25.7 Å². The first kappa shape index (κ1) is 19.6. The molecule has 0 bridgehead atoms. The van der Waals surface area contributed by atoms with Gasteiger partial charge in [-0.15, -0.1) is 0 Å². The maximum absolute atomic E-state index is 13.7. The number of carboxylic acids is 2. The summed E-state index contributed by atoms with van der Waals surface area (Å²) in [5.41, 5.74) is -0.808. The monoisotopic (exact) mass is 344 g/mol. The summed E-state index contributed by atoms with van der Waals surface area (Å²) >= 11 is 0. The predicted molar refractivity (Wildman–Crippen MR) is 71.8 cm³/mol. The molecule has 3 N–H and O–H groups in total. The molecule has 0 radical (unpaired) electrons. The molecule has 10 heteroatoms. The minimum absolute atomic E-state index is 0.126. The molecule has 0 amide bonds. The summed E-state index contributed by atoms with van der Waals surface area (Å²) < 4.78 is 45.4. The van der Waals surface area contributed by atoms with Crippen LogP contribution in [0.25, 0.3) is 0 Å². The van der Waals surface area contributed by atoms with Gasteiger partial charge in [-0.1, -0.05) is 0 Å². The number of likely N-dealkylation sites (tertiary alicyclic amines) is 1. The van der Waals surface area contributed by atoms with Crippen LogP contribution in [0.15, 0.2) is 0 Å². The zero-order valence-corrected chi connectivity index (χ0v) is 12.7. The Balaban J connectivity index is 0.000000322. The summed E-state index contributed by atoms with van der Waals surface area (Å²) in [5, 5.41) is 19.3. The number of aliphatic carboxylic acids is 2. The van der Waals surface area contributed by atoms with Crippen LogP contribution in [0.2, 0.25) is 0 Å². The second kappa shape index (κ2) is 7.00. The first-order valence-corrected chi connectivity index (χ1v) is 7.01. The summed E-state index contributed by atoms with van der Waals surface area (Å²) in [6.45, 7) is 5.00. The van der Waals surface area contributed by atoms with Gasteiger partial charge in [0.1, 0.15) is 6.17 Å². The van der Waals surface area contributed by atoms with Crippen molar-refractivity contribution in [3.05, 3.63) is 0 Å². The molecule has 2 aliphatic heterocycles. The molecule has 2 saturated heterocycles. The Bertz CT molecular complexity index is 456. The van der Waals surface area contributed by atoms with Crippen molar-refractivity contribution in [1.82, 2.24) is 10.2 Å². The lowest BCUT2D eigenvalue weighted by molar-refractivity contribution is -0.192. The van der Waals surface area contributed by atoms with Crippen molar-refractivity contribution < 1.29 is 37.4 Å². The highest BCUT2D eigenvalue weighted by Crippen LogP contribution is 2.30. The Kier molecular flexibility index (Phi) is 5.97. The van der Waals surface area contributed by atoms with E-state index in [0.29, 0.717) is 13.1 Å². The fourth-order valence-corrected chi connectivity index (χ4v) is 2.73. The topological polar surface area (TPSA) is 89.9 Å². The molecule has 0 saturated carbocycles. The standard InChI is InChI=1S/C11H19FN2O2.C2HF3O2/c1-11(2,10(15)16)6-14-4-3-8-9(14)7(12)5-13-8;3-2(4,5)1(6)7/h7-9,13H,3-6H2,1-2H3,(H,15,16);(H,6,7). The molecule has 23 heavy (non-hydrogen) atoms. The molecule has 2 rings (SSSR count). The Hall–Kier alpha value is -1.42. The van der Waals surface area contributed by atoms with Crippen molar-refractivity contribution in [2.75, 3.05) is 19.6 Å². The number of alkyl halides is 4. The zero-order valence-electron chi connectivity index (χ0n) is 12.7. The molecule has 0 aliphatic carbocycles. The van der Waals surface area contributed by atoms with E-state index in [2.05, 4.69) is 5.32 Å². The van der Waals surface area contributed by atoms with E-state index in [4.69, 9.17) is 15.0 Å². The largest absolute Gasteiger partial charge is 0.490 e. The smallest absolute Gasteiger partial charge is 0.481 e. The molecule has 0 aromatic carbocycles. The van der Waals surface area contributed by atoms with Crippen molar-refractivity contribution in [1.29, 1.82) is 0 Å². The van der Waals surface area contributed by atoms with Gasteiger partial charge in [0.2, 0.25) is 0 Å². The van der Waals surface area contributed by atoms with E-state index in [1.807, 2.05) is 4.90 Å². The normalized spacial score (nSPS) is 28.0. The van der Waals surface area contributed by atoms with Crippen LogP contribution in [0.3, 0.4) is 0 Å². The molecule has 0 aromatic rings. The zero-order chi connectivity index (χ0) is 18.0. The van der Waals surface area contributed by atoms with Crippen molar-refractivity contribution in [2.24, 2.45) is 5.41 Å². The highest BCUT2D eigenvalue weighted by atomic mass is 19.4. The number of nitrogens with one attached hydrogen (secondary N) is 1. The van der Waals surface area contributed by atoms with Crippen LogP contribution in [0.4, 0.5) is 17.6 Å². The number of carbonyl (C=O) groups is 2. The third-order valence-corrected chi connectivity index (χ3v) is 3.93. The van der Waals surface area contributed by atoms with Crippen LogP contribution in [0.5, 0.6) is 0 Å². The van der Waals surface area contributed by atoms with Gasteiger partial charge >= 0.3 is 18.1 Å². The van der Waals surface area contributed by atoms with Gasteiger partial charge in [-0.25, -0.2) is 9.18 Å². The van der Waals surface area contributed by atoms with E-state index in [-0.39, 0.29) is 12.1 Å². The molecular formula is C13H20F4N2O4.